The summed E-state index contributed by atoms with van der Waals surface area (Å²) in [6.45, 7) is 17.2. The Kier molecular flexibility index (Phi) is 7.17. The van der Waals surface area contributed by atoms with Crippen molar-refractivity contribution in [2.75, 3.05) is 0 Å². The number of benzene rings is 1. The molecule has 1 atom stereocenters. The van der Waals surface area contributed by atoms with Gasteiger partial charge in [-0.15, -0.1) is 0 Å². The molecule has 1 aliphatic rings. The monoisotopic (exact) mass is 440 g/mol. The van der Waals surface area contributed by atoms with E-state index in [4.69, 9.17) is 10.6 Å². The second-order valence-corrected chi connectivity index (χ2v) is 12.5. The lowest BCUT2D eigenvalue weighted by molar-refractivity contribution is -0.332. The van der Waals surface area contributed by atoms with Crippen molar-refractivity contribution in [1.82, 2.24) is 5.06 Å². The molecule has 0 saturated carbocycles. The van der Waals surface area contributed by atoms with Crippen LogP contribution in [0, 0.1) is 5.92 Å². The van der Waals surface area contributed by atoms with E-state index in [-0.39, 0.29) is 27.9 Å². The van der Waals surface area contributed by atoms with E-state index >= 15 is 0 Å². The van der Waals surface area contributed by atoms with Gasteiger partial charge in [-0.05, 0) is 90.3 Å². The fourth-order valence-corrected chi connectivity index (χ4v) is 5.51. The molecule has 1 aromatic rings. The van der Waals surface area contributed by atoms with Gasteiger partial charge in [0, 0.05) is 17.1 Å². The van der Waals surface area contributed by atoms with Crippen LogP contribution in [-0.4, -0.2) is 40.8 Å². The number of hydrogen-bond acceptors (Lipinski definition) is 5. The van der Waals surface area contributed by atoms with Crippen molar-refractivity contribution in [2.24, 2.45) is 11.7 Å². The lowest BCUT2D eigenvalue weighted by Gasteiger charge is -2.55. The Bertz CT molecular complexity index is 811. The maximum absolute atomic E-state index is 11.4. The Balaban J connectivity index is 2.25. The van der Waals surface area contributed by atoms with Crippen LogP contribution in [0.25, 0.3) is 0 Å². The molecule has 0 radical (unpaired) electrons. The predicted molar refractivity (Wildman–Crippen MR) is 121 cm³/mol. The molecule has 1 unspecified atom stereocenters. The first-order chi connectivity index (χ1) is 13.4. The second-order valence-electron chi connectivity index (χ2n) is 11.0. The molecule has 1 heterocycles. The van der Waals surface area contributed by atoms with Gasteiger partial charge in [0.1, 0.15) is 0 Å². The molecular formula is C23H40N2O4S. The van der Waals surface area contributed by atoms with Crippen molar-refractivity contribution in [3.8, 4) is 0 Å². The third kappa shape index (κ3) is 6.04. The smallest absolute Gasteiger partial charge is 0.294 e. The highest BCUT2D eigenvalue weighted by Crippen LogP contribution is 2.42. The van der Waals surface area contributed by atoms with E-state index in [0.717, 1.165) is 24.8 Å². The summed E-state index contributed by atoms with van der Waals surface area (Å²) in [4.78, 5) is 6.59. The third-order valence-corrected chi connectivity index (χ3v) is 6.95. The minimum atomic E-state index is -4.19. The highest BCUT2D eigenvalue weighted by molar-refractivity contribution is 7.85. The van der Waals surface area contributed by atoms with E-state index in [9.17, 15) is 13.0 Å². The second kappa shape index (κ2) is 8.51. The van der Waals surface area contributed by atoms with Crippen LogP contribution in [0.1, 0.15) is 86.1 Å². The first kappa shape index (κ1) is 25.3. The molecule has 1 aliphatic heterocycles. The minimum absolute atomic E-state index is 0.0857. The standard InChI is InChI=1S/C23H40N2O4S/c1-16(2)20(17-9-11-19(12-10-17)30(26,27)28)15-23(7,8)29-25-21(3,4)13-18(24)14-22(25,5)6/h9-12,16,18,20H,13-15,24H2,1-8H3,(H,26,27,28). The molecule has 1 aromatic carbocycles. The van der Waals surface area contributed by atoms with E-state index in [1.54, 1.807) is 12.1 Å². The van der Waals surface area contributed by atoms with E-state index in [1.807, 2.05) is 0 Å². The van der Waals surface area contributed by atoms with E-state index in [2.05, 4.69) is 60.5 Å². The largest absolute Gasteiger partial charge is 0.328 e. The van der Waals surface area contributed by atoms with Crippen LogP contribution in [0.4, 0.5) is 0 Å². The summed E-state index contributed by atoms with van der Waals surface area (Å²) in [6.07, 6.45) is 2.51. The average Bonchev–Trinajstić information content (AvgIpc) is 2.54. The Hall–Kier alpha value is -0.990. The lowest BCUT2D eigenvalue weighted by atomic mass is 9.78. The summed E-state index contributed by atoms with van der Waals surface area (Å²) in [5.41, 5.74) is 6.55. The zero-order valence-electron chi connectivity index (χ0n) is 19.8. The lowest BCUT2D eigenvalue weighted by Crippen LogP contribution is -2.64. The van der Waals surface area contributed by atoms with Crippen LogP contribution in [0.15, 0.2) is 29.2 Å². The Labute approximate surface area is 182 Å². The molecule has 7 heteroatoms. The SMILES string of the molecule is CC(C)C(CC(C)(C)ON1C(C)(C)CC(N)CC1(C)C)c1ccc(S(=O)(=O)O)cc1. The van der Waals surface area contributed by atoms with E-state index in [0.29, 0.717) is 5.92 Å². The van der Waals surface area contributed by atoms with Crippen LogP contribution in [0.3, 0.4) is 0 Å². The molecule has 30 heavy (non-hydrogen) atoms. The molecule has 0 aliphatic carbocycles. The topological polar surface area (TPSA) is 92.9 Å². The summed E-state index contributed by atoms with van der Waals surface area (Å²) < 4.78 is 32.0. The molecule has 3 N–H and O–H groups in total. The van der Waals surface area contributed by atoms with Crippen molar-refractivity contribution in [2.45, 2.75) is 108 Å². The van der Waals surface area contributed by atoms with Crippen molar-refractivity contribution >= 4 is 10.1 Å². The summed E-state index contributed by atoms with van der Waals surface area (Å²) in [6, 6.07) is 6.66. The number of hydroxylamine groups is 2. The molecule has 2 rings (SSSR count). The van der Waals surface area contributed by atoms with Crippen LogP contribution in [0.5, 0.6) is 0 Å². The van der Waals surface area contributed by atoms with Gasteiger partial charge < -0.3 is 5.73 Å². The van der Waals surface area contributed by atoms with Gasteiger partial charge in [-0.25, -0.2) is 0 Å². The Morgan fingerprint density at radius 3 is 2.00 bits per heavy atom. The summed E-state index contributed by atoms with van der Waals surface area (Å²) >= 11 is 0. The average molecular weight is 441 g/mol. The van der Waals surface area contributed by atoms with Gasteiger partial charge >= 0.3 is 0 Å². The molecule has 0 spiro atoms. The number of hydrogen-bond donors (Lipinski definition) is 2. The fourth-order valence-electron chi connectivity index (χ4n) is 5.03. The Morgan fingerprint density at radius 2 is 1.60 bits per heavy atom. The maximum Gasteiger partial charge on any atom is 0.294 e. The van der Waals surface area contributed by atoms with Gasteiger partial charge in [0.15, 0.2) is 0 Å². The molecule has 1 saturated heterocycles. The van der Waals surface area contributed by atoms with Crippen molar-refractivity contribution in [3.05, 3.63) is 29.8 Å². The number of rotatable bonds is 7. The quantitative estimate of drug-likeness (QED) is 0.594. The highest BCUT2D eigenvalue weighted by Gasteiger charge is 2.47. The normalized spacial score (nSPS) is 21.7. The molecule has 0 aromatic heterocycles. The zero-order chi connectivity index (χ0) is 23.1. The van der Waals surface area contributed by atoms with Crippen LogP contribution >= 0.6 is 0 Å². The predicted octanol–water partition coefficient (Wildman–Crippen LogP) is 4.75. The van der Waals surface area contributed by atoms with Gasteiger partial charge in [-0.2, -0.15) is 13.5 Å². The first-order valence-electron chi connectivity index (χ1n) is 10.8. The molecule has 0 bridgehead atoms. The van der Waals surface area contributed by atoms with E-state index in [1.165, 1.54) is 12.1 Å². The minimum Gasteiger partial charge on any atom is -0.328 e. The van der Waals surface area contributed by atoms with Gasteiger partial charge in [-0.1, -0.05) is 26.0 Å². The summed E-state index contributed by atoms with van der Waals surface area (Å²) in [5, 5.41) is 2.14. The summed E-state index contributed by atoms with van der Waals surface area (Å²) in [7, 11) is -4.19. The van der Waals surface area contributed by atoms with Gasteiger partial charge in [0.2, 0.25) is 0 Å². The van der Waals surface area contributed by atoms with Crippen LogP contribution < -0.4 is 5.73 Å². The van der Waals surface area contributed by atoms with Crippen molar-refractivity contribution in [3.63, 3.8) is 0 Å². The molecular weight excluding hydrogens is 400 g/mol. The number of nitrogens with two attached hydrogens (primary N) is 1. The van der Waals surface area contributed by atoms with Gasteiger partial charge in [0.05, 0.1) is 10.5 Å². The van der Waals surface area contributed by atoms with Crippen molar-refractivity contribution in [1.29, 1.82) is 0 Å². The van der Waals surface area contributed by atoms with Gasteiger partial charge in [0.25, 0.3) is 10.1 Å². The molecule has 6 nitrogen and oxygen atoms in total. The van der Waals surface area contributed by atoms with Crippen LogP contribution in [0.2, 0.25) is 0 Å². The maximum atomic E-state index is 11.4. The molecule has 1 fully saturated rings. The zero-order valence-corrected chi connectivity index (χ0v) is 20.6. The third-order valence-electron chi connectivity index (χ3n) is 6.08. The Morgan fingerprint density at radius 1 is 1.13 bits per heavy atom. The molecule has 0 amide bonds. The van der Waals surface area contributed by atoms with E-state index < -0.39 is 15.7 Å². The number of piperidine rings is 1. The van der Waals surface area contributed by atoms with Crippen LogP contribution in [-0.2, 0) is 15.0 Å². The number of nitrogens with zero attached hydrogens (tertiary/aromatic N) is 1. The fraction of sp³-hybridized carbons (Fsp3) is 0.739. The first-order valence-corrected chi connectivity index (χ1v) is 12.2. The molecule has 172 valence electrons. The van der Waals surface area contributed by atoms with Gasteiger partial charge in [-0.3, -0.25) is 9.39 Å². The summed E-state index contributed by atoms with van der Waals surface area (Å²) in [5.74, 6) is 0.508. The highest BCUT2D eigenvalue weighted by atomic mass is 32.2. The van der Waals surface area contributed by atoms with Crippen molar-refractivity contribution < 1.29 is 17.8 Å².